The number of nitrogens with zero attached hydrogens (tertiary/aromatic N) is 2. The molecule has 9 heteroatoms. The summed E-state index contributed by atoms with van der Waals surface area (Å²) in [5.41, 5.74) is 1.86. The second kappa shape index (κ2) is 8.79. The Morgan fingerprint density at radius 1 is 1.09 bits per heavy atom. The van der Waals surface area contributed by atoms with Gasteiger partial charge in [-0.25, -0.2) is 17.7 Å². The Kier molecular flexibility index (Phi) is 5.98. The Morgan fingerprint density at radius 2 is 1.85 bits per heavy atom. The first-order chi connectivity index (χ1) is 15.9. The van der Waals surface area contributed by atoms with Crippen molar-refractivity contribution >= 4 is 16.0 Å². The molecule has 3 saturated heterocycles. The summed E-state index contributed by atoms with van der Waals surface area (Å²) in [4.78, 5) is 13.9. The predicted molar refractivity (Wildman–Crippen MR) is 121 cm³/mol. The maximum Gasteiger partial charge on any atom is 0.326 e. The van der Waals surface area contributed by atoms with Crippen LogP contribution in [0.15, 0.2) is 48.5 Å². The van der Waals surface area contributed by atoms with E-state index < -0.39 is 27.1 Å². The van der Waals surface area contributed by atoms with Crippen LogP contribution in [0.2, 0.25) is 0 Å². The molecule has 33 heavy (non-hydrogen) atoms. The number of cyclic esters (lactones) is 1. The second-order valence-electron chi connectivity index (χ2n) is 8.95. The summed E-state index contributed by atoms with van der Waals surface area (Å²) >= 11 is 0. The summed E-state index contributed by atoms with van der Waals surface area (Å²) in [6.45, 7) is 3.41. The first-order valence-corrected chi connectivity index (χ1v) is 12.9. The summed E-state index contributed by atoms with van der Waals surface area (Å²) in [6, 6.07) is 13.0. The summed E-state index contributed by atoms with van der Waals surface area (Å²) in [5.74, 6) is -0.702. The molecular weight excluding hydrogens is 445 g/mol. The maximum absolute atomic E-state index is 15.3. The van der Waals surface area contributed by atoms with Gasteiger partial charge >= 0.3 is 5.97 Å². The normalized spacial score (nSPS) is 28.8. The van der Waals surface area contributed by atoms with Gasteiger partial charge in [-0.1, -0.05) is 42.5 Å². The number of carbonyl (C=O) groups is 1. The number of carbonyl (C=O) groups excluding carboxylic acids is 1. The van der Waals surface area contributed by atoms with Crippen LogP contribution in [0.5, 0.6) is 0 Å². The molecule has 176 valence electrons. The van der Waals surface area contributed by atoms with E-state index in [9.17, 15) is 13.2 Å². The second-order valence-corrected chi connectivity index (χ2v) is 11.0. The number of piperazine rings is 1. The molecule has 3 heterocycles. The number of hydrogen-bond donors (Lipinski definition) is 1. The molecule has 0 spiro atoms. The topological polar surface area (TPSA) is 79.0 Å². The van der Waals surface area contributed by atoms with Gasteiger partial charge in [0.25, 0.3) is 0 Å². The molecule has 2 aromatic carbocycles. The van der Waals surface area contributed by atoms with Crippen molar-refractivity contribution in [2.75, 3.05) is 26.4 Å². The van der Waals surface area contributed by atoms with Crippen molar-refractivity contribution in [2.24, 2.45) is 0 Å². The Bertz CT molecular complexity index is 1140. The van der Waals surface area contributed by atoms with Crippen molar-refractivity contribution in [1.29, 1.82) is 0 Å². The Balaban J connectivity index is 1.40. The summed E-state index contributed by atoms with van der Waals surface area (Å²) in [5, 5.41) is 2.61. The molecule has 0 aromatic heterocycles. The highest BCUT2D eigenvalue weighted by Crippen LogP contribution is 2.40. The van der Waals surface area contributed by atoms with Crippen LogP contribution in [-0.2, 0) is 19.6 Å². The fourth-order valence-electron chi connectivity index (χ4n) is 5.29. The van der Waals surface area contributed by atoms with E-state index in [4.69, 9.17) is 4.74 Å². The van der Waals surface area contributed by atoms with Crippen LogP contribution >= 0.6 is 0 Å². The summed E-state index contributed by atoms with van der Waals surface area (Å²) in [6.07, 6.45) is 1.28. The van der Waals surface area contributed by atoms with E-state index in [-0.39, 0.29) is 24.8 Å². The van der Waals surface area contributed by atoms with Crippen LogP contribution in [0.3, 0.4) is 0 Å². The highest BCUT2D eigenvalue weighted by molar-refractivity contribution is 7.89. The van der Waals surface area contributed by atoms with E-state index in [0.717, 1.165) is 17.5 Å². The molecule has 0 bridgehead atoms. The highest BCUT2D eigenvalue weighted by atomic mass is 32.2. The number of hydrogen-bond acceptors (Lipinski definition) is 6. The molecule has 0 aliphatic carbocycles. The predicted octanol–water partition coefficient (Wildman–Crippen LogP) is 2.88. The lowest BCUT2D eigenvalue weighted by Gasteiger charge is -2.37. The van der Waals surface area contributed by atoms with Crippen LogP contribution in [0.4, 0.5) is 4.39 Å². The molecular formula is C24H28FN3O4S. The van der Waals surface area contributed by atoms with Crippen LogP contribution in [0, 0.1) is 5.82 Å². The molecule has 7 nitrogen and oxygen atoms in total. The van der Waals surface area contributed by atoms with Crippen LogP contribution in [0.1, 0.15) is 53.8 Å². The maximum atomic E-state index is 15.3. The lowest BCUT2D eigenvalue weighted by Crippen LogP contribution is -2.51. The first kappa shape index (κ1) is 22.5. The molecule has 5 rings (SSSR count). The number of fused-ring (bicyclic) bond motifs is 1. The van der Waals surface area contributed by atoms with Crippen molar-refractivity contribution in [3.05, 3.63) is 71.0 Å². The fraction of sp³-hybridized carbons (Fsp3) is 0.458. The summed E-state index contributed by atoms with van der Waals surface area (Å²) < 4.78 is 48.9. The number of ether oxygens (including phenoxy) is 1. The molecule has 4 atom stereocenters. The van der Waals surface area contributed by atoms with Gasteiger partial charge in [0.15, 0.2) is 0 Å². The van der Waals surface area contributed by atoms with E-state index in [1.165, 1.54) is 10.4 Å². The molecule has 3 fully saturated rings. The standard InChI is InChI=1S/C24H28FN3O4S/c1-16(28-11-5-8-23(33(28,30)31)17-6-3-2-4-7-17)19-10-9-18(12-20(19)25)21-13-26-14-22-24(29)32-15-27(21)22/h2-4,6-7,9-10,12,16,21-23,26H,5,8,11,13-15H2,1H3. The average molecular weight is 474 g/mol. The third-order valence-electron chi connectivity index (χ3n) is 7.10. The molecule has 3 aliphatic rings. The minimum absolute atomic E-state index is 0.185. The largest absolute Gasteiger partial charge is 0.448 e. The zero-order chi connectivity index (χ0) is 23.2. The van der Waals surface area contributed by atoms with Crippen molar-refractivity contribution in [1.82, 2.24) is 14.5 Å². The van der Waals surface area contributed by atoms with Crippen molar-refractivity contribution in [3.8, 4) is 0 Å². The third kappa shape index (κ3) is 3.97. The molecule has 1 N–H and O–H groups in total. The van der Waals surface area contributed by atoms with Gasteiger partial charge in [0.2, 0.25) is 10.0 Å². The van der Waals surface area contributed by atoms with Crippen molar-refractivity contribution in [3.63, 3.8) is 0 Å². The molecule has 0 amide bonds. The van der Waals surface area contributed by atoms with Gasteiger partial charge in [0.1, 0.15) is 23.8 Å². The average Bonchev–Trinajstić information content (AvgIpc) is 3.20. The number of halogens is 1. The SMILES string of the molecule is CC(c1ccc(C2CNCC3C(=O)OCN32)cc1F)N1CCCC(c2ccccc2)S1(=O)=O. The smallest absolute Gasteiger partial charge is 0.326 e. The van der Waals surface area contributed by atoms with E-state index in [0.29, 0.717) is 31.6 Å². The highest BCUT2D eigenvalue weighted by Gasteiger charge is 2.43. The van der Waals surface area contributed by atoms with Crippen LogP contribution in [-0.4, -0.2) is 56.0 Å². The quantitative estimate of drug-likeness (QED) is 0.688. The molecule has 3 aliphatic heterocycles. The van der Waals surface area contributed by atoms with Gasteiger partial charge in [0.05, 0.1) is 6.04 Å². The van der Waals surface area contributed by atoms with Crippen molar-refractivity contribution < 1.29 is 22.3 Å². The van der Waals surface area contributed by atoms with Gasteiger partial charge < -0.3 is 10.1 Å². The number of esters is 1. The van der Waals surface area contributed by atoms with Gasteiger partial charge in [-0.15, -0.1) is 0 Å². The molecule has 4 unspecified atom stereocenters. The van der Waals surface area contributed by atoms with Crippen LogP contribution < -0.4 is 5.32 Å². The molecule has 0 radical (unpaired) electrons. The Morgan fingerprint density at radius 3 is 2.61 bits per heavy atom. The summed E-state index contributed by atoms with van der Waals surface area (Å²) in [7, 11) is -3.64. The van der Waals surface area contributed by atoms with Gasteiger partial charge in [-0.2, -0.15) is 4.31 Å². The number of rotatable bonds is 4. The minimum atomic E-state index is -3.64. The zero-order valence-electron chi connectivity index (χ0n) is 18.5. The van der Waals surface area contributed by atoms with Crippen molar-refractivity contribution in [2.45, 2.75) is 43.1 Å². The molecule has 2 aromatic rings. The van der Waals surface area contributed by atoms with Gasteiger partial charge in [-0.05, 0) is 37.0 Å². The Labute approximate surface area is 193 Å². The lowest BCUT2D eigenvalue weighted by molar-refractivity contribution is -0.139. The lowest BCUT2D eigenvalue weighted by atomic mass is 9.97. The molecule has 0 saturated carbocycles. The van der Waals surface area contributed by atoms with Gasteiger partial charge in [0, 0.05) is 31.2 Å². The fourth-order valence-corrected chi connectivity index (χ4v) is 7.52. The van der Waals surface area contributed by atoms with Gasteiger partial charge in [-0.3, -0.25) is 4.79 Å². The van der Waals surface area contributed by atoms with Crippen LogP contribution in [0.25, 0.3) is 0 Å². The minimum Gasteiger partial charge on any atom is -0.448 e. The third-order valence-corrected chi connectivity index (χ3v) is 9.48. The van der Waals surface area contributed by atoms with E-state index in [1.54, 1.807) is 13.0 Å². The van der Waals surface area contributed by atoms with E-state index in [2.05, 4.69) is 5.32 Å². The Hall–Kier alpha value is -2.33. The number of nitrogens with one attached hydrogen (secondary N) is 1. The number of sulfonamides is 1. The van der Waals surface area contributed by atoms with E-state index in [1.807, 2.05) is 41.3 Å². The van der Waals surface area contributed by atoms with E-state index >= 15 is 4.39 Å². The monoisotopic (exact) mass is 473 g/mol. The number of benzene rings is 2. The first-order valence-electron chi connectivity index (χ1n) is 11.4. The zero-order valence-corrected chi connectivity index (χ0v) is 19.3.